The summed E-state index contributed by atoms with van der Waals surface area (Å²) in [5.41, 5.74) is -1.29. The number of ether oxygens (including phenoxy) is 1. The minimum Gasteiger partial charge on any atom is -0.459 e. The number of rotatable bonds is 2. The third-order valence-electron chi connectivity index (χ3n) is 3.12. The summed E-state index contributed by atoms with van der Waals surface area (Å²) in [5.74, 6) is -0.240. The molecule has 0 aromatic heterocycles. The van der Waals surface area contributed by atoms with E-state index in [1.165, 1.54) is 0 Å². The van der Waals surface area contributed by atoms with Crippen LogP contribution in [0.5, 0.6) is 0 Å². The topological polar surface area (TPSA) is 46.5 Å². The van der Waals surface area contributed by atoms with E-state index in [-0.39, 0.29) is 5.97 Å². The summed E-state index contributed by atoms with van der Waals surface area (Å²) in [6.45, 7) is 7.25. The second-order valence-corrected chi connectivity index (χ2v) is 5.61. The monoisotopic (exact) mass is 214 g/mol. The molecule has 1 aliphatic carbocycles. The van der Waals surface area contributed by atoms with Crippen LogP contribution in [0.1, 0.15) is 53.4 Å². The molecule has 3 nitrogen and oxygen atoms in total. The van der Waals surface area contributed by atoms with Gasteiger partial charge in [-0.2, -0.15) is 0 Å². The largest absolute Gasteiger partial charge is 0.459 e. The molecule has 0 amide bonds. The Morgan fingerprint density at radius 3 is 2.20 bits per heavy atom. The molecule has 3 heteroatoms. The number of hydrogen-bond donors (Lipinski definition) is 1. The Labute approximate surface area is 91.8 Å². The molecule has 0 aromatic carbocycles. The van der Waals surface area contributed by atoms with Crippen LogP contribution in [0.25, 0.3) is 0 Å². The van der Waals surface area contributed by atoms with Gasteiger partial charge in [-0.1, -0.05) is 12.8 Å². The summed E-state index contributed by atoms with van der Waals surface area (Å²) >= 11 is 0. The summed E-state index contributed by atoms with van der Waals surface area (Å²) < 4.78 is 5.31. The van der Waals surface area contributed by atoms with E-state index in [0.717, 1.165) is 25.7 Å². The van der Waals surface area contributed by atoms with Gasteiger partial charge in [0.2, 0.25) is 0 Å². The maximum Gasteiger partial charge on any atom is 0.311 e. The van der Waals surface area contributed by atoms with Crippen LogP contribution in [0, 0.1) is 5.41 Å². The van der Waals surface area contributed by atoms with Gasteiger partial charge >= 0.3 is 5.97 Å². The average Bonchev–Trinajstić information content (AvgIpc) is 2.51. The fourth-order valence-corrected chi connectivity index (χ4v) is 1.84. The number of hydrogen-bond acceptors (Lipinski definition) is 3. The van der Waals surface area contributed by atoms with Crippen molar-refractivity contribution in [3.63, 3.8) is 0 Å². The fourth-order valence-electron chi connectivity index (χ4n) is 1.84. The lowest BCUT2D eigenvalue weighted by atomic mass is 9.94. The van der Waals surface area contributed by atoms with E-state index in [2.05, 4.69) is 0 Å². The minimum absolute atomic E-state index is 0.240. The molecule has 15 heavy (non-hydrogen) atoms. The second-order valence-electron chi connectivity index (χ2n) is 5.61. The highest BCUT2D eigenvalue weighted by Crippen LogP contribution is 2.34. The molecule has 1 N–H and O–H groups in total. The van der Waals surface area contributed by atoms with Crippen molar-refractivity contribution in [3.8, 4) is 0 Å². The van der Waals surface area contributed by atoms with E-state index in [9.17, 15) is 9.90 Å². The molecule has 88 valence electrons. The number of carbonyl (C=O) groups excluding carboxylic acids is 1. The molecule has 1 saturated carbocycles. The summed E-state index contributed by atoms with van der Waals surface area (Å²) in [7, 11) is 0. The molecule has 1 rings (SSSR count). The lowest BCUT2D eigenvalue weighted by molar-refractivity contribution is -0.171. The van der Waals surface area contributed by atoms with Crippen molar-refractivity contribution < 1.29 is 14.6 Å². The fraction of sp³-hybridized carbons (Fsp3) is 0.917. The zero-order chi connectivity index (χ0) is 11.7. The van der Waals surface area contributed by atoms with Gasteiger partial charge in [-0.3, -0.25) is 4.79 Å². The molecule has 1 atom stereocenters. The normalized spacial score (nSPS) is 22.5. The van der Waals surface area contributed by atoms with E-state index >= 15 is 0 Å². The molecule has 1 aliphatic rings. The van der Waals surface area contributed by atoms with Crippen LogP contribution in [0.15, 0.2) is 0 Å². The van der Waals surface area contributed by atoms with Gasteiger partial charge in [0.25, 0.3) is 0 Å². The van der Waals surface area contributed by atoms with Gasteiger partial charge in [-0.15, -0.1) is 0 Å². The van der Waals surface area contributed by atoms with Crippen LogP contribution in [-0.4, -0.2) is 22.8 Å². The molecule has 1 unspecified atom stereocenters. The van der Waals surface area contributed by atoms with E-state index in [1.54, 1.807) is 6.92 Å². The van der Waals surface area contributed by atoms with Crippen molar-refractivity contribution in [3.05, 3.63) is 0 Å². The van der Waals surface area contributed by atoms with Gasteiger partial charge in [0, 0.05) is 0 Å². The molecule has 0 aliphatic heterocycles. The number of carbonyl (C=O) groups is 1. The first-order valence-electron chi connectivity index (χ1n) is 5.69. The minimum atomic E-state index is -0.791. The second kappa shape index (κ2) is 4.12. The molecule has 0 bridgehead atoms. The zero-order valence-corrected chi connectivity index (χ0v) is 10.2. The number of esters is 1. The Balaban J connectivity index is 2.55. The van der Waals surface area contributed by atoms with Crippen LogP contribution < -0.4 is 0 Å². The smallest absolute Gasteiger partial charge is 0.311 e. The maximum absolute atomic E-state index is 11.6. The number of aliphatic hydroxyl groups is 1. The van der Waals surface area contributed by atoms with Gasteiger partial charge in [0.1, 0.15) is 11.7 Å². The highest BCUT2D eigenvalue weighted by atomic mass is 16.6. The van der Waals surface area contributed by atoms with Crippen molar-refractivity contribution in [2.24, 2.45) is 5.41 Å². The van der Waals surface area contributed by atoms with Gasteiger partial charge in [-0.25, -0.2) is 0 Å². The first kappa shape index (κ1) is 12.5. The van der Waals surface area contributed by atoms with Crippen LogP contribution in [0.2, 0.25) is 0 Å². The molecular formula is C12H22O3. The summed E-state index contributed by atoms with van der Waals surface area (Å²) in [6, 6.07) is 0. The third kappa shape index (κ3) is 2.94. The third-order valence-corrected chi connectivity index (χ3v) is 3.12. The Hall–Kier alpha value is -0.570. The van der Waals surface area contributed by atoms with Crippen molar-refractivity contribution in [1.82, 2.24) is 0 Å². The van der Waals surface area contributed by atoms with Gasteiger partial charge in [0.05, 0.1) is 5.41 Å². The van der Waals surface area contributed by atoms with Crippen molar-refractivity contribution >= 4 is 5.97 Å². The average molecular weight is 214 g/mol. The molecule has 1 fully saturated rings. The maximum atomic E-state index is 11.6. The molecule has 0 heterocycles. The SMILES string of the molecule is CC(OC(=O)C(C)(C)C)C1(O)CCCC1. The molecule has 0 spiro atoms. The van der Waals surface area contributed by atoms with Gasteiger partial charge in [0.15, 0.2) is 0 Å². The van der Waals surface area contributed by atoms with E-state index in [4.69, 9.17) is 4.74 Å². The van der Waals surface area contributed by atoms with E-state index < -0.39 is 17.1 Å². The van der Waals surface area contributed by atoms with E-state index in [1.807, 2.05) is 20.8 Å². The first-order chi connectivity index (χ1) is 6.76. The predicted octanol–water partition coefficient (Wildman–Crippen LogP) is 2.27. The Morgan fingerprint density at radius 2 is 1.80 bits per heavy atom. The highest BCUT2D eigenvalue weighted by Gasteiger charge is 2.40. The quantitative estimate of drug-likeness (QED) is 0.717. The lowest BCUT2D eigenvalue weighted by Crippen LogP contribution is -2.42. The van der Waals surface area contributed by atoms with Crippen LogP contribution >= 0.6 is 0 Å². The molecule has 0 saturated heterocycles. The lowest BCUT2D eigenvalue weighted by Gasteiger charge is -2.31. The van der Waals surface area contributed by atoms with Crippen LogP contribution in [-0.2, 0) is 9.53 Å². The van der Waals surface area contributed by atoms with Crippen molar-refractivity contribution in [1.29, 1.82) is 0 Å². The van der Waals surface area contributed by atoms with Crippen LogP contribution in [0.3, 0.4) is 0 Å². The summed E-state index contributed by atoms with van der Waals surface area (Å²) in [4.78, 5) is 11.6. The molecular weight excluding hydrogens is 192 g/mol. The zero-order valence-electron chi connectivity index (χ0n) is 10.2. The Morgan fingerprint density at radius 1 is 1.33 bits per heavy atom. The Kier molecular flexibility index (Phi) is 3.44. The van der Waals surface area contributed by atoms with Gasteiger partial charge < -0.3 is 9.84 Å². The van der Waals surface area contributed by atoms with Crippen LogP contribution in [0.4, 0.5) is 0 Å². The molecule has 0 radical (unpaired) electrons. The van der Waals surface area contributed by atoms with E-state index in [0.29, 0.717) is 0 Å². The van der Waals surface area contributed by atoms with Crippen molar-refractivity contribution in [2.45, 2.75) is 65.1 Å². The highest BCUT2D eigenvalue weighted by molar-refractivity contribution is 5.75. The Bertz CT molecular complexity index is 234. The van der Waals surface area contributed by atoms with Crippen molar-refractivity contribution in [2.75, 3.05) is 0 Å². The standard InChI is InChI=1S/C12H22O3/c1-9(12(14)7-5-6-8-12)15-10(13)11(2,3)4/h9,14H,5-8H2,1-4H3. The first-order valence-corrected chi connectivity index (χ1v) is 5.69. The van der Waals surface area contributed by atoms with Gasteiger partial charge in [-0.05, 0) is 40.5 Å². The summed E-state index contributed by atoms with van der Waals surface area (Å²) in [5, 5.41) is 10.2. The predicted molar refractivity (Wildman–Crippen MR) is 58.4 cm³/mol. The summed E-state index contributed by atoms with van der Waals surface area (Å²) in [6.07, 6.45) is 3.13. The molecule has 0 aromatic rings.